The maximum atomic E-state index is 13.4. The molecule has 2 atom stereocenters. The van der Waals surface area contributed by atoms with Gasteiger partial charge in [-0.1, -0.05) is 24.3 Å². The molecule has 8 heteroatoms. The predicted molar refractivity (Wildman–Crippen MR) is 146 cm³/mol. The number of carbonyl (C=O) groups is 3. The van der Waals surface area contributed by atoms with E-state index in [0.29, 0.717) is 66.7 Å². The van der Waals surface area contributed by atoms with Crippen molar-refractivity contribution in [1.29, 1.82) is 0 Å². The molecule has 0 radical (unpaired) electrons. The van der Waals surface area contributed by atoms with Gasteiger partial charge in [0.05, 0.1) is 25.7 Å². The van der Waals surface area contributed by atoms with E-state index in [2.05, 4.69) is 0 Å². The van der Waals surface area contributed by atoms with E-state index in [4.69, 9.17) is 18.9 Å². The molecule has 1 N–H and O–H groups in total. The first kappa shape index (κ1) is 28.2. The zero-order valence-corrected chi connectivity index (χ0v) is 23.0. The van der Waals surface area contributed by atoms with Crippen LogP contribution in [-0.4, -0.2) is 42.1 Å². The molecule has 0 fully saturated rings. The summed E-state index contributed by atoms with van der Waals surface area (Å²) in [6.45, 7) is 5.55. The molecule has 2 aromatic rings. The van der Waals surface area contributed by atoms with E-state index in [1.807, 2.05) is 26.0 Å². The van der Waals surface area contributed by atoms with Gasteiger partial charge in [0.25, 0.3) is 0 Å². The Kier molecular flexibility index (Phi) is 8.94. The average molecular weight is 537 g/mol. The average Bonchev–Trinajstić information content (AvgIpc) is 2.87. The van der Waals surface area contributed by atoms with Crippen molar-refractivity contribution in [3.05, 3.63) is 52.6 Å². The highest BCUT2D eigenvalue weighted by molar-refractivity contribution is 5.98. The van der Waals surface area contributed by atoms with Crippen molar-refractivity contribution < 1.29 is 38.4 Å². The zero-order valence-electron chi connectivity index (χ0n) is 23.0. The molecule has 0 spiro atoms. The molecule has 2 heterocycles. The molecular weight excluding hydrogens is 500 g/mol. The minimum atomic E-state index is -0.675. The van der Waals surface area contributed by atoms with Gasteiger partial charge >= 0.3 is 11.9 Å². The predicted octanol–water partition coefficient (Wildman–Crippen LogP) is 6.11. The third-order valence-electron chi connectivity index (χ3n) is 6.94. The van der Waals surface area contributed by atoms with Gasteiger partial charge in [0.15, 0.2) is 11.5 Å². The first-order valence-corrected chi connectivity index (χ1v) is 13.5. The third-order valence-corrected chi connectivity index (χ3v) is 6.94. The molecule has 2 aliphatic rings. The zero-order chi connectivity index (χ0) is 28.1. The lowest BCUT2D eigenvalue weighted by molar-refractivity contribution is -0.135. The fourth-order valence-electron chi connectivity index (χ4n) is 5.11. The van der Waals surface area contributed by atoms with Crippen LogP contribution in [0.1, 0.15) is 98.7 Å². The number of cyclic esters (lactones) is 1. The van der Waals surface area contributed by atoms with E-state index < -0.39 is 24.0 Å². The fourth-order valence-corrected chi connectivity index (χ4v) is 5.11. The van der Waals surface area contributed by atoms with Crippen LogP contribution in [0.4, 0.5) is 0 Å². The lowest BCUT2D eigenvalue weighted by Crippen LogP contribution is -2.24. The number of carbonyl (C=O) groups excluding carboxylic acids is 3. The molecule has 1 unspecified atom stereocenters. The number of hydrogen-bond acceptors (Lipinski definition) is 8. The highest BCUT2D eigenvalue weighted by Gasteiger charge is 2.37. The first-order valence-electron chi connectivity index (χ1n) is 13.5. The number of phenols is 1. The molecule has 0 saturated carbocycles. The number of rotatable bonds is 4. The number of allylic oxidation sites excluding steroid dienone is 1. The van der Waals surface area contributed by atoms with Crippen molar-refractivity contribution in [2.45, 2.75) is 83.8 Å². The number of phenolic OH excluding ortho intramolecular Hbond substituents is 1. The van der Waals surface area contributed by atoms with Crippen LogP contribution in [0.15, 0.2) is 30.3 Å². The number of esters is 2. The quantitative estimate of drug-likeness (QED) is 0.368. The van der Waals surface area contributed by atoms with Crippen LogP contribution in [0.2, 0.25) is 0 Å². The van der Waals surface area contributed by atoms with Crippen LogP contribution in [0.5, 0.6) is 23.0 Å². The molecule has 208 valence electrons. The maximum Gasteiger partial charge on any atom is 0.342 e. The van der Waals surface area contributed by atoms with E-state index in [1.54, 1.807) is 31.2 Å². The van der Waals surface area contributed by atoms with Crippen molar-refractivity contribution in [2.24, 2.45) is 0 Å². The number of ether oxygens (including phenoxy) is 4. The summed E-state index contributed by atoms with van der Waals surface area (Å²) in [6, 6.07) is 6.97. The summed E-state index contributed by atoms with van der Waals surface area (Å²) >= 11 is 0. The second-order valence-corrected chi connectivity index (χ2v) is 10.3. The van der Waals surface area contributed by atoms with E-state index in [0.717, 1.165) is 0 Å². The third kappa shape index (κ3) is 6.44. The number of benzene rings is 2. The number of fused-ring (bicyclic) bond motifs is 2. The van der Waals surface area contributed by atoms with Crippen LogP contribution in [0.25, 0.3) is 6.08 Å². The lowest BCUT2D eigenvalue weighted by atomic mass is 9.83. The SMILES string of the molecule is COc1cccc(C2CC(=O)Oc3cc4c(c(O)c32)C(=O)O[C@@H](C)CCCC(=O)CCC/C=C/4)c1OC(C)C. The van der Waals surface area contributed by atoms with Crippen LogP contribution in [-0.2, 0) is 14.3 Å². The van der Waals surface area contributed by atoms with Gasteiger partial charge in [-0.25, -0.2) is 4.79 Å². The van der Waals surface area contributed by atoms with Gasteiger partial charge in [0, 0.05) is 29.9 Å². The molecule has 0 amide bonds. The van der Waals surface area contributed by atoms with Crippen molar-refractivity contribution in [3.63, 3.8) is 0 Å². The summed E-state index contributed by atoms with van der Waals surface area (Å²) in [5, 5.41) is 11.7. The Labute approximate surface area is 228 Å². The Morgan fingerprint density at radius 2 is 1.87 bits per heavy atom. The maximum absolute atomic E-state index is 13.4. The Morgan fingerprint density at radius 1 is 1.10 bits per heavy atom. The lowest BCUT2D eigenvalue weighted by Gasteiger charge is -2.29. The molecule has 0 aliphatic carbocycles. The first-order chi connectivity index (χ1) is 18.7. The van der Waals surface area contributed by atoms with Crippen molar-refractivity contribution in [2.75, 3.05) is 7.11 Å². The highest BCUT2D eigenvalue weighted by atomic mass is 16.5. The van der Waals surface area contributed by atoms with E-state index in [-0.39, 0.29) is 35.4 Å². The molecule has 0 aromatic heterocycles. The van der Waals surface area contributed by atoms with Gasteiger partial charge in [-0.3, -0.25) is 9.59 Å². The number of ketones is 1. The van der Waals surface area contributed by atoms with Crippen molar-refractivity contribution in [3.8, 4) is 23.0 Å². The van der Waals surface area contributed by atoms with Crippen LogP contribution in [0.3, 0.4) is 0 Å². The molecule has 39 heavy (non-hydrogen) atoms. The van der Waals surface area contributed by atoms with Gasteiger partial charge in [0.2, 0.25) is 0 Å². The number of methoxy groups -OCH3 is 1. The topological polar surface area (TPSA) is 108 Å². The van der Waals surface area contributed by atoms with Crippen LogP contribution >= 0.6 is 0 Å². The summed E-state index contributed by atoms with van der Waals surface area (Å²) in [7, 11) is 1.54. The molecule has 2 aromatic carbocycles. The minimum Gasteiger partial charge on any atom is -0.507 e. The fraction of sp³-hybridized carbons (Fsp3) is 0.452. The second kappa shape index (κ2) is 12.4. The summed E-state index contributed by atoms with van der Waals surface area (Å²) in [5.74, 6) is -0.753. The standard InChI is InChI=1S/C31H36O8/c1-18(2)37-30-22(14-9-15-24(30)36-4)23-17-26(33)39-25-16-20-11-6-5-7-12-21(32)13-8-10-19(3)38-31(35)27(20)29(34)28(23)25/h6,9,11,14-16,18-19,23,34H,5,7-8,10,12-13,17H2,1-4H3/b11-6+/t19-,23?/m0/s1. The van der Waals surface area contributed by atoms with Gasteiger partial charge < -0.3 is 24.1 Å². The Bertz CT molecular complexity index is 1280. The molecule has 2 aliphatic heterocycles. The second-order valence-electron chi connectivity index (χ2n) is 10.3. The molecular formula is C31H36O8. The van der Waals surface area contributed by atoms with Gasteiger partial charge in [-0.2, -0.15) is 0 Å². The van der Waals surface area contributed by atoms with E-state index in [1.165, 1.54) is 7.11 Å². The Balaban J connectivity index is 1.87. The summed E-state index contributed by atoms with van der Waals surface area (Å²) < 4.78 is 22.9. The summed E-state index contributed by atoms with van der Waals surface area (Å²) in [5.41, 5.74) is 1.35. The molecule has 8 nitrogen and oxygen atoms in total. The Morgan fingerprint density at radius 3 is 2.62 bits per heavy atom. The van der Waals surface area contributed by atoms with Gasteiger partial charge in [0.1, 0.15) is 22.8 Å². The molecule has 0 saturated heterocycles. The summed E-state index contributed by atoms with van der Waals surface area (Å²) in [6.07, 6.45) is 6.28. The molecule has 4 rings (SSSR count). The normalized spacial score (nSPS) is 21.2. The largest absolute Gasteiger partial charge is 0.507 e. The monoisotopic (exact) mass is 536 g/mol. The van der Waals surface area contributed by atoms with E-state index >= 15 is 0 Å². The van der Waals surface area contributed by atoms with Crippen LogP contribution < -0.4 is 14.2 Å². The van der Waals surface area contributed by atoms with E-state index in [9.17, 15) is 19.5 Å². The van der Waals surface area contributed by atoms with Gasteiger partial charge in [-0.15, -0.1) is 0 Å². The smallest absolute Gasteiger partial charge is 0.342 e. The summed E-state index contributed by atoms with van der Waals surface area (Å²) in [4.78, 5) is 38.3. The number of hydrogen-bond donors (Lipinski definition) is 1. The number of para-hydroxylation sites is 1. The van der Waals surface area contributed by atoms with Crippen molar-refractivity contribution in [1.82, 2.24) is 0 Å². The van der Waals surface area contributed by atoms with Gasteiger partial charge in [-0.05, 0) is 64.2 Å². The minimum absolute atomic E-state index is 0.0159. The highest BCUT2D eigenvalue weighted by Crippen LogP contribution is 2.50. The van der Waals surface area contributed by atoms with Crippen LogP contribution in [0, 0.1) is 0 Å². The molecule has 0 bridgehead atoms. The Hall–Kier alpha value is -3.81. The van der Waals surface area contributed by atoms with Crippen molar-refractivity contribution >= 4 is 23.8 Å². The number of aromatic hydroxyl groups is 1. The number of Topliss-reactive ketones (excluding diaryl/α,β-unsaturated/α-hetero) is 1.